The minimum Gasteiger partial charge on any atom is -0.481 e. The zero-order valence-corrected chi connectivity index (χ0v) is 43.3. The summed E-state index contributed by atoms with van der Waals surface area (Å²) in [5.41, 5.74) is -0.313. The Labute approximate surface area is 429 Å². The monoisotopic (exact) mass is 1060 g/mol. The van der Waals surface area contributed by atoms with Crippen LogP contribution in [0.1, 0.15) is 132 Å². The summed E-state index contributed by atoms with van der Waals surface area (Å²) >= 11 is 0. The van der Waals surface area contributed by atoms with Crippen molar-refractivity contribution in [1.82, 2.24) is 0 Å². The van der Waals surface area contributed by atoms with Crippen LogP contribution >= 0.6 is 0 Å². The molecule has 9 atom stereocenters. The van der Waals surface area contributed by atoms with Crippen LogP contribution in [0.2, 0.25) is 0 Å². The smallest absolute Gasteiger partial charge is 0.309 e. The lowest BCUT2D eigenvalue weighted by Gasteiger charge is -2.28. The lowest BCUT2D eigenvalue weighted by Crippen LogP contribution is -2.38. The lowest BCUT2D eigenvalue weighted by atomic mass is 9.74. The highest BCUT2D eigenvalue weighted by molar-refractivity contribution is 6.16. The third-order valence-electron chi connectivity index (χ3n) is 12.5. The third-order valence-corrected chi connectivity index (χ3v) is 12.5. The van der Waals surface area contributed by atoms with Gasteiger partial charge in [0.15, 0.2) is 11.6 Å². The molecule has 2 fully saturated rings. The molecule has 9 unspecified atom stereocenters. The average Bonchev–Trinajstić information content (AvgIpc) is 3.83. The fourth-order valence-electron chi connectivity index (χ4n) is 7.59. The maximum atomic E-state index is 11.3. The number of aliphatic carboxylic acids is 10. The first-order valence-corrected chi connectivity index (χ1v) is 22.9. The van der Waals surface area contributed by atoms with Gasteiger partial charge in [0.05, 0.1) is 53.8 Å². The molecule has 0 bridgehead atoms. The molecule has 0 aromatic heterocycles. The molecule has 0 aromatic carbocycles. The molecule has 23 nitrogen and oxygen atoms in total. The maximum absolute atomic E-state index is 11.3. The molecule has 0 saturated heterocycles. The van der Waals surface area contributed by atoms with Gasteiger partial charge in [0.25, 0.3) is 0 Å². The van der Waals surface area contributed by atoms with Crippen molar-refractivity contribution in [3.05, 3.63) is 60.8 Å². The molecular formula is C51H76O23. The van der Waals surface area contributed by atoms with Crippen molar-refractivity contribution >= 4 is 71.3 Å². The van der Waals surface area contributed by atoms with E-state index in [1.165, 1.54) is 26.0 Å². The second-order valence-corrected chi connectivity index (χ2v) is 19.1. The second kappa shape index (κ2) is 33.4. The molecule has 2 saturated carbocycles. The van der Waals surface area contributed by atoms with E-state index in [0.29, 0.717) is 32.1 Å². The minimum atomic E-state index is -1.83. The van der Waals surface area contributed by atoms with Gasteiger partial charge in [0, 0.05) is 12.8 Å². The Morgan fingerprint density at radius 1 is 0.527 bits per heavy atom. The number of carboxylic acid groups (broad SMARTS) is 10. The molecule has 418 valence electrons. The number of carbonyl (C=O) groups excluding carboxylic acids is 2. The minimum absolute atomic E-state index is 0. The van der Waals surface area contributed by atoms with Crippen LogP contribution in [0.5, 0.6) is 0 Å². The van der Waals surface area contributed by atoms with Gasteiger partial charge in [-0.15, -0.1) is 0 Å². The fourth-order valence-corrected chi connectivity index (χ4v) is 7.59. The summed E-state index contributed by atoms with van der Waals surface area (Å²) in [6.45, 7) is 28.5. The van der Waals surface area contributed by atoms with E-state index in [2.05, 4.69) is 26.3 Å². The number of hydrogen-bond donors (Lipinski definition) is 10. The maximum Gasteiger partial charge on any atom is 0.309 e. The van der Waals surface area contributed by atoms with E-state index in [0.717, 1.165) is 42.6 Å². The van der Waals surface area contributed by atoms with Gasteiger partial charge < -0.3 is 56.5 Å². The summed E-state index contributed by atoms with van der Waals surface area (Å²) in [5, 5.41) is 87.3. The topological polar surface area (TPSA) is 439 Å². The first-order chi connectivity index (χ1) is 33.2. The molecule has 0 aliphatic heterocycles. The zero-order chi connectivity index (χ0) is 58.1. The van der Waals surface area contributed by atoms with Gasteiger partial charge in [0.2, 0.25) is 0 Å². The van der Waals surface area contributed by atoms with E-state index in [9.17, 15) is 67.7 Å². The van der Waals surface area contributed by atoms with Crippen molar-refractivity contribution in [1.29, 1.82) is 0 Å². The summed E-state index contributed by atoms with van der Waals surface area (Å²) in [5.74, 6) is -14.1. The molecule has 0 heterocycles. The standard InChI is InChI=1S/2C14H20O4.C11H16O8.C5H4O2.C4H8O2.C3H6O2.H2O/c2*1-8-5-9(2)11(10(8)3)6-14(4,13(17)18)7-12(15)16;1-5(8(14)15)6(9(16)17)3-11(2,10(18)19)4-7(12)13;6-4-1-2-5(7)3-4;1-2-3-4(5)6;1-2-3(4)5;/h2*10-11H,1-2,5-7H2,3-4H3,(H,15,16)(H,17,18);5-6H,3-4H2,1-2H3,(H,12,13)(H,14,15)(H,16,17)(H,18,19);1-2H,3H2;2-3H2,1H3,(H,5,6);2H2,1H3,(H,4,5);1H2. The van der Waals surface area contributed by atoms with E-state index < -0.39 is 101 Å². The number of carboxylic acids is 10. The Morgan fingerprint density at radius 3 is 1.00 bits per heavy atom. The van der Waals surface area contributed by atoms with Crippen molar-refractivity contribution in [2.45, 2.75) is 132 Å². The SMILES string of the molecule is C=C1CC(=C)C(CC(C)(CC(=O)O)C(=O)O)C1C.C=C1CC(=C)C(CC(C)(CC(=O)O)C(=O)O)C1C.CC(C(=O)O)C(CC(C)(CC(=O)O)C(=O)O)C(=O)O.CCC(=O)O.CCCC(=O)O.O.O=C1C=CC(=O)C1. The molecule has 3 rings (SSSR count). The summed E-state index contributed by atoms with van der Waals surface area (Å²) in [6.07, 6.45) is 3.89. The van der Waals surface area contributed by atoms with Crippen LogP contribution in [0, 0.1) is 51.8 Å². The third kappa shape index (κ3) is 26.9. The van der Waals surface area contributed by atoms with Crippen molar-refractivity contribution in [2.75, 3.05) is 0 Å². The molecule has 74 heavy (non-hydrogen) atoms. The Bertz CT molecular complexity index is 2060. The normalized spacial score (nSPS) is 20.4. The van der Waals surface area contributed by atoms with Gasteiger partial charge in [-0.2, -0.15) is 0 Å². The molecule has 0 radical (unpaired) electrons. The lowest BCUT2D eigenvalue weighted by molar-refractivity contribution is -0.161. The number of allylic oxidation sites excluding steroid dienone is 6. The van der Waals surface area contributed by atoms with Crippen LogP contribution in [-0.4, -0.2) is 128 Å². The van der Waals surface area contributed by atoms with E-state index >= 15 is 0 Å². The number of ketones is 2. The largest absolute Gasteiger partial charge is 0.481 e. The van der Waals surface area contributed by atoms with Crippen LogP contribution in [-0.2, 0) is 57.5 Å². The molecule has 0 spiro atoms. The van der Waals surface area contributed by atoms with E-state index in [1.54, 1.807) is 6.92 Å². The fraction of sp³-hybridized carbons (Fsp3) is 0.569. The predicted molar refractivity (Wildman–Crippen MR) is 265 cm³/mol. The van der Waals surface area contributed by atoms with E-state index in [4.69, 9.17) is 40.9 Å². The Kier molecular flexibility index (Phi) is 33.1. The number of hydrogen-bond acceptors (Lipinski definition) is 12. The highest BCUT2D eigenvalue weighted by atomic mass is 16.4. The number of rotatable bonds is 21. The molecule has 3 aliphatic carbocycles. The van der Waals surface area contributed by atoms with Crippen LogP contribution < -0.4 is 0 Å². The molecule has 12 N–H and O–H groups in total. The summed E-state index contributed by atoms with van der Waals surface area (Å²) < 4.78 is 0. The van der Waals surface area contributed by atoms with E-state index in [1.807, 2.05) is 20.8 Å². The van der Waals surface area contributed by atoms with Crippen molar-refractivity contribution < 1.29 is 114 Å². The van der Waals surface area contributed by atoms with Crippen LogP contribution in [0.4, 0.5) is 0 Å². The molecule has 0 aromatic rings. The first-order valence-electron chi connectivity index (χ1n) is 22.9. The van der Waals surface area contributed by atoms with Crippen LogP contribution in [0.15, 0.2) is 60.8 Å². The first kappa shape index (κ1) is 73.2. The van der Waals surface area contributed by atoms with E-state index in [-0.39, 0.29) is 66.4 Å². The summed E-state index contributed by atoms with van der Waals surface area (Å²) in [4.78, 5) is 127. The molecule has 3 aliphatic rings. The highest BCUT2D eigenvalue weighted by Crippen LogP contribution is 2.47. The Hall–Kier alpha value is -7.30. The quantitative estimate of drug-likeness (QED) is 0.0439. The average molecular weight is 1060 g/mol. The van der Waals surface area contributed by atoms with Crippen LogP contribution in [0.3, 0.4) is 0 Å². The van der Waals surface area contributed by atoms with Gasteiger partial charge in [-0.3, -0.25) is 57.5 Å². The number of carbonyl (C=O) groups is 12. The molecular weight excluding hydrogens is 981 g/mol. The van der Waals surface area contributed by atoms with Gasteiger partial charge >= 0.3 is 59.7 Å². The van der Waals surface area contributed by atoms with Gasteiger partial charge in [0.1, 0.15) is 0 Å². The molecule has 23 heteroatoms. The summed E-state index contributed by atoms with van der Waals surface area (Å²) in [6, 6.07) is 0. The van der Waals surface area contributed by atoms with Gasteiger partial charge in [-0.05, 0) is 95.1 Å². The van der Waals surface area contributed by atoms with Gasteiger partial charge in [-0.1, -0.05) is 83.2 Å². The highest BCUT2D eigenvalue weighted by Gasteiger charge is 2.45. The zero-order valence-electron chi connectivity index (χ0n) is 43.3. The molecule has 0 amide bonds. The Balaban J connectivity index is -0.000000422. The van der Waals surface area contributed by atoms with Crippen LogP contribution in [0.25, 0.3) is 0 Å². The van der Waals surface area contributed by atoms with Crippen molar-refractivity contribution in [2.24, 2.45) is 51.8 Å². The second-order valence-electron chi connectivity index (χ2n) is 19.1. The van der Waals surface area contributed by atoms with Crippen molar-refractivity contribution in [3.8, 4) is 0 Å². The van der Waals surface area contributed by atoms with Crippen molar-refractivity contribution in [3.63, 3.8) is 0 Å². The van der Waals surface area contributed by atoms with Gasteiger partial charge in [-0.25, -0.2) is 0 Å². The summed E-state index contributed by atoms with van der Waals surface area (Å²) in [7, 11) is 0. The Morgan fingerprint density at radius 2 is 0.838 bits per heavy atom. The predicted octanol–water partition coefficient (Wildman–Crippen LogP) is 6.40.